The zero-order valence-electron chi connectivity index (χ0n) is 19.9. The fourth-order valence-electron chi connectivity index (χ4n) is 3.83. The van der Waals surface area contributed by atoms with Crippen molar-refractivity contribution in [2.45, 2.75) is 59.2 Å². The first-order valence-corrected chi connectivity index (χ1v) is 11.2. The van der Waals surface area contributed by atoms with E-state index in [1.165, 1.54) is 12.1 Å². The lowest BCUT2D eigenvalue weighted by Crippen LogP contribution is -2.52. The SMILES string of the molecule is CC(C)c1cccc(C(C)C)c1NC(=O)NCC1(c2ccc(F)cc2)OCC(C)(C)CO1. The van der Waals surface area contributed by atoms with Crippen LogP contribution in [0, 0.1) is 11.2 Å². The van der Waals surface area contributed by atoms with Gasteiger partial charge in [0.15, 0.2) is 0 Å². The maximum atomic E-state index is 13.5. The highest BCUT2D eigenvalue weighted by Crippen LogP contribution is 2.36. The lowest BCUT2D eigenvalue weighted by Gasteiger charge is -2.43. The number of nitrogens with one attached hydrogen (secondary N) is 2. The van der Waals surface area contributed by atoms with Crippen molar-refractivity contribution in [1.29, 1.82) is 0 Å². The average Bonchev–Trinajstić information content (AvgIpc) is 2.74. The molecule has 6 heteroatoms. The van der Waals surface area contributed by atoms with Crippen LogP contribution in [0.25, 0.3) is 0 Å². The third kappa shape index (κ3) is 5.48. The summed E-state index contributed by atoms with van der Waals surface area (Å²) in [5.41, 5.74) is 3.55. The number of para-hydroxylation sites is 1. The van der Waals surface area contributed by atoms with Gasteiger partial charge in [-0.05, 0) is 35.1 Å². The summed E-state index contributed by atoms with van der Waals surface area (Å²) in [4.78, 5) is 13.0. The Kier molecular flexibility index (Phi) is 7.25. The van der Waals surface area contributed by atoms with E-state index in [0.717, 1.165) is 16.8 Å². The van der Waals surface area contributed by atoms with Crippen molar-refractivity contribution in [3.8, 4) is 0 Å². The van der Waals surface area contributed by atoms with E-state index in [4.69, 9.17) is 9.47 Å². The van der Waals surface area contributed by atoms with E-state index in [2.05, 4.69) is 52.2 Å². The van der Waals surface area contributed by atoms with Gasteiger partial charge in [-0.25, -0.2) is 9.18 Å². The second-order valence-electron chi connectivity index (χ2n) is 9.93. The highest BCUT2D eigenvalue weighted by Gasteiger charge is 2.42. The van der Waals surface area contributed by atoms with E-state index < -0.39 is 5.79 Å². The molecule has 0 aliphatic carbocycles. The van der Waals surface area contributed by atoms with Crippen molar-refractivity contribution < 1.29 is 18.7 Å². The van der Waals surface area contributed by atoms with E-state index in [9.17, 15) is 9.18 Å². The predicted octanol–water partition coefficient (Wildman–Crippen LogP) is 6.12. The molecule has 2 amide bonds. The lowest BCUT2D eigenvalue weighted by molar-refractivity contribution is -0.303. The number of rotatable bonds is 6. The molecule has 0 radical (unpaired) electrons. The molecule has 0 bridgehead atoms. The molecule has 5 nitrogen and oxygen atoms in total. The molecule has 0 saturated carbocycles. The number of anilines is 1. The molecule has 2 N–H and O–H groups in total. The van der Waals surface area contributed by atoms with E-state index in [1.807, 2.05) is 18.2 Å². The maximum absolute atomic E-state index is 13.5. The Hall–Kier alpha value is -2.44. The minimum absolute atomic E-state index is 0.0986. The molecule has 1 fully saturated rings. The summed E-state index contributed by atoms with van der Waals surface area (Å²) in [7, 11) is 0. The van der Waals surface area contributed by atoms with Gasteiger partial charge >= 0.3 is 6.03 Å². The zero-order valence-corrected chi connectivity index (χ0v) is 19.9. The van der Waals surface area contributed by atoms with E-state index in [0.29, 0.717) is 18.8 Å². The molecule has 0 spiro atoms. The van der Waals surface area contributed by atoms with Gasteiger partial charge in [0.25, 0.3) is 0 Å². The Bertz CT molecular complexity index is 902. The van der Waals surface area contributed by atoms with Crippen LogP contribution in [0.1, 0.15) is 70.1 Å². The maximum Gasteiger partial charge on any atom is 0.319 e. The third-order valence-electron chi connectivity index (χ3n) is 5.77. The molecule has 1 heterocycles. The summed E-state index contributed by atoms with van der Waals surface area (Å²) in [6.07, 6.45) is 0. The van der Waals surface area contributed by atoms with Crippen molar-refractivity contribution >= 4 is 11.7 Å². The summed E-state index contributed by atoms with van der Waals surface area (Å²) >= 11 is 0. The number of halogens is 1. The first kappa shape index (κ1) is 24.2. The molecule has 1 aliphatic heterocycles. The molecular weight excluding hydrogens is 407 g/mol. The van der Waals surface area contributed by atoms with Crippen LogP contribution in [0.2, 0.25) is 0 Å². The summed E-state index contributed by atoms with van der Waals surface area (Å²) in [6.45, 7) is 13.6. The summed E-state index contributed by atoms with van der Waals surface area (Å²) in [5, 5.41) is 5.97. The van der Waals surface area contributed by atoms with E-state index in [1.54, 1.807) is 12.1 Å². The lowest BCUT2D eigenvalue weighted by atomic mass is 9.92. The minimum Gasteiger partial charge on any atom is -0.344 e. The van der Waals surface area contributed by atoms with Crippen molar-refractivity contribution in [2.75, 3.05) is 25.1 Å². The first-order chi connectivity index (χ1) is 15.0. The Morgan fingerprint density at radius 3 is 2.00 bits per heavy atom. The highest BCUT2D eigenvalue weighted by atomic mass is 19.1. The van der Waals surface area contributed by atoms with Crippen LogP contribution in [0.15, 0.2) is 42.5 Å². The average molecular weight is 443 g/mol. The molecular formula is C26H35FN2O3. The smallest absolute Gasteiger partial charge is 0.319 e. The second kappa shape index (κ2) is 9.59. The number of hydrogen-bond donors (Lipinski definition) is 2. The Labute approximate surface area is 190 Å². The highest BCUT2D eigenvalue weighted by molar-refractivity contribution is 5.91. The molecule has 0 atom stereocenters. The van der Waals surface area contributed by atoms with Gasteiger partial charge in [-0.3, -0.25) is 0 Å². The molecule has 32 heavy (non-hydrogen) atoms. The normalized spacial score (nSPS) is 17.4. The molecule has 0 unspecified atom stereocenters. The molecule has 1 saturated heterocycles. The van der Waals surface area contributed by atoms with Crippen LogP contribution in [0.4, 0.5) is 14.9 Å². The van der Waals surface area contributed by atoms with Crippen molar-refractivity contribution in [2.24, 2.45) is 5.41 Å². The van der Waals surface area contributed by atoms with Crippen LogP contribution in [0.3, 0.4) is 0 Å². The predicted molar refractivity (Wildman–Crippen MR) is 125 cm³/mol. The number of carbonyl (C=O) groups excluding carboxylic acids is 1. The molecule has 1 aliphatic rings. The molecule has 2 aromatic carbocycles. The largest absolute Gasteiger partial charge is 0.344 e. The first-order valence-electron chi connectivity index (χ1n) is 11.2. The van der Waals surface area contributed by atoms with Gasteiger partial charge in [-0.15, -0.1) is 0 Å². The second-order valence-corrected chi connectivity index (χ2v) is 9.93. The topological polar surface area (TPSA) is 59.6 Å². The summed E-state index contributed by atoms with van der Waals surface area (Å²) < 4.78 is 25.8. The van der Waals surface area contributed by atoms with E-state index >= 15 is 0 Å². The standard InChI is InChI=1S/C26H35FN2O3/c1-17(2)21-8-7-9-22(18(3)4)23(21)29-24(30)28-14-26(19-10-12-20(27)13-11-19)31-15-25(5,6)16-32-26/h7-13,17-18H,14-16H2,1-6H3,(H2,28,29,30). The van der Waals surface area contributed by atoms with E-state index in [-0.39, 0.29) is 35.6 Å². The van der Waals surface area contributed by atoms with Gasteiger partial charge in [0.2, 0.25) is 5.79 Å². The fraction of sp³-hybridized carbons (Fsp3) is 0.500. The molecule has 3 rings (SSSR count). The third-order valence-corrected chi connectivity index (χ3v) is 5.77. The fourth-order valence-corrected chi connectivity index (χ4v) is 3.83. The van der Waals surface area contributed by atoms with Gasteiger partial charge in [-0.1, -0.05) is 71.9 Å². The molecule has 0 aromatic heterocycles. The Balaban J connectivity index is 1.80. The van der Waals surface area contributed by atoms with Crippen LogP contribution in [0.5, 0.6) is 0 Å². The number of benzene rings is 2. The Morgan fingerprint density at radius 1 is 0.969 bits per heavy atom. The van der Waals surface area contributed by atoms with Crippen LogP contribution in [-0.2, 0) is 15.3 Å². The molecule has 174 valence electrons. The summed E-state index contributed by atoms with van der Waals surface area (Å²) in [6, 6.07) is 11.8. The van der Waals surface area contributed by atoms with Gasteiger partial charge in [0, 0.05) is 16.7 Å². The van der Waals surface area contributed by atoms with Gasteiger partial charge in [0.1, 0.15) is 5.82 Å². The quantitative estimate of drug-likeness (QED) is 0.567. The van der Waals surface area contributed by atoms with Crippen molar-refractivity contribution in [1.82, 2.24) is 5.32 Å². The van der Waals surface area contributed by atoms with Gasteiger partial charge < -0.3 is 20.1 Å². The summed E-state index contributed by atoms with van der Waals surface area (Å²) in [5.74, 6) is -0.972. The number of carbonyl (C=O) groups is 1. The van der Waals surface area contributed by atoms with Crippen LogP contribution < -0.4 is 10.6 Å². The number of urea groups is 1. The number of amides is 2. The Morgan fingerprint density at radius 2 is 1.50 bits per heavy atom. The monoisotopic (exact) mass is 442 g/mol. The van der Waals surface area contributed by atoms with Crippen LogP contribution >= 0.6 is 0 Å². The van der Waals surface area contributed by atoms with Crippen LogP contribution in [-0.4, -0.2) is 25.8 Å². The molecule has 2 aromatic rings. The van der Waals surface area contributed by atoms with Gasteiger partial charge in [0.05, 0.1) is 19.8 Å². The number of hydrogen-bond acceptors (Lipinski definition) is 3. The van der Waals surface area contributed by atoms with Gasteiger partial charge in [-0.2, -0.15) is 0 Å². The minimum atomic E-state index is -1.17. The number of ether oxygens (including phenoxy) is 2. The van der Waals surface area contributed by atoms with Crippen molar-refractivity contribution in [3.05, 3.63) is 65.0 Å². The zero-order chi connectivity index (χ0) is 23.5. The van der Waals surface area contributed by atoms with Crippen molar-refractivity contribution in [3.63, 3.8) is 0 Å².